The fourth-order valence-corrected chi connectivity index (χ4v) is 3.30. The summed E-state index contributed by atoms with van der Waals surface area (Å²) in [4.78, 5) is 20.6. The highest BCUT2D eigenvalue weighted by Gasteiger charge is 2.27. The van der Waals surface area contributed by atoms with Gasteiger partial charge in [0, 0.05) is 27.8 Å². The molecule has 1 aromatic carbocycles. The number of ketones is 1. The van der Waals surface area contributed by atoms with E-state index < -0.39 is 5.92 Å². The second-order valence-electron chi connectivity index (χ2n) is 5.00. The SMILES string of the molecule is COC(=S)CC(C(=O)c1ccc(Cl)cc1)c1nc2cscc2[nH]1. The second-order valence-corrected chi connectivity index (χ2v) is 6.63. The highest BCUT2D eigenvalue weighted by Crippen LogP contribution is 2.27. The third kappa shape index (κ3) is 3.44. The maximum Gasteiger partial charge on any atom is 0.173 e. The molecule has 4 nitrogen and oxygen atoms in total. The number of halogens is 1. The van der Waals surface area contributed by atoms with Gasteiger partial charge in [-0.15, -0.1) is 11.3 Å². The number of aromatic nitrogens is 2. The lowest BCUT2D eigenvalue weighted by molar-refractivity contribution is 0.0956. The zero-order valence-electron chi connectivity index (χ0n) is 12.2. The molecule has 1 unspecified atom stereocenters. The first-order valence-electron chi connectivity index (χ1n) is 6.87. The van der Waals surface area contributed by atoms with Crippen molar-refractivity contribution < 1.29 is 9.53 Å². The Kier molecular flexibility index (Phi) is 4.75. The van der Waals surface area contributed by atoms with Crippen molar-refractivity contribution in [2.24, 2.45) is 0 Å². The summed E-state index contributed by atoms with van der Waals surface area (Å²) < 4.78 is 5.08. The topological polar surface area (TPSA) is 55.0 Å². The monoisotopic (exact) mass is 364 g/mol. The van der Waals surface area contributed by atoms with Gasteiger partial charge in [-0.1, -0.05) is 11.6 Å². The molecule has 3 rings (SSSR count). The lowest BCUT2D eigenvalue weighted by Crippen LogP contribution is -2.18. The average molecular weight is 365 g/mol. The first-order chi connectivity index (χ1) is 11.1. The molecule has 7 heteroatoms. The molecule has 0 radical (unpaired) electrons. The summed E-state index contributed by atoms with van der Waals surface area (Å²) in [6.07, 6.45) is 0.298. The Morgan fingerprint density at radius 3 is 2.78 bits per heavy atom. The predicted molar refractivity (Wildman–Crippen MR) is 96.7 cm³/mol. The van der Waals surface area contributed by atoms with Crippen LogP contribution in [0.25, 0.3) is 11.0 Å². The number of carbonyl (C=O) groups is 1. The Bertz CT molecular complexity index is 826. The van der Waals surface area contributed by atoms with E-state index in [9.17, 15) is 4.79 Å². The summed E-state index contributed by atoms with van der Waals surface area (Å²) in [7, 11) is 1.51. The van der Waals surface area contributed by atoms with E-state index in [2.05, 4.69) is 9.97 Å². The number of benzene rings is 1. The Labute approximate surface area is 147 Å². The molecule has 1 N–H and O–H groups in total. The fourth-order valence-electron chi connectivity index (χ4n) is 2.31. The van der Waals surface area contributed by atoms with Crippen LogP contribution in [0.15, 0.2) is 35.0 Å². The molecule has 3 aromatic rings. The summed E-state index contributed by atoms with van der Waals surface area (Å²) in [6.45, 7) is 0. The van der Waals surface area contributed by atoms with Gasteiger partial charge in [-0.05, 0) is 36.5 Å². The number of aromatic amines is 1. The highest BCUT2D eigenvalue weighted by atomic mass is 35.5. The molecule has 0 amide bonds. The number of nitrogens with zero attached hydrogens (tertiary/aromatic N) is 1. The minimum atomic E-state index is -0.513. The van der Waals surface area contributed by atoms with E-state index in [0.29, 0.717) is 27.9 Å². The quantitative estimate of drug-likeness (QED) is 0.530. The van der Waals surface area contributed by atoms with E-state index in [-0.39, 0.29) is 5.78 Å². The van der Waals surface area contributed by atoms with E-state index in [0.717, 1.165) is 11.0 Å². The summed E-state index contributed by atoms with van der Waals surface area (Å²) in [6, 6.07) is 6.80. The van der Waals surface area contributed by atoms with E-state index in [4.69, 9.17) is 28.6 Å². The number of thiocarbonyl (C=S) groups is 1. The van der Waals surface area contributed by atoms with Crippen molar-refractivity contribution in [1.29, 1.82) is 0 Å². The number of nitrogens with one attached hydrogen (secondary N) is 1. The third-order valence-corrected chi connectivity index (χ3v) is 4.84. The van der Waals surface area contributed by atoms with Gasteiger partial charge in [0.15, 0.2) is 10.8 Å². The molecule has 0 aliphatic carbocycles. The van der Waals surface area contributed by atoms with Crippen molar-refractivity contribution in [2.45, 2.75) is 12.3 Å². The Hall–Kier alpha value is -1.76. The van der Waals surface area contributed by atoms with Crippen LogP contribution >= 0.6 is 35.2 Å². The summed E-state index contributed by atoms with van der Waals surface area (Å²) >= 11 is 12.6. The minimum Gasteiger partial charge on any atom is -0.490 e. The zero-order valence-corrected chi connectivity index (χ0v) is 14.6. The lowest BCUT2D eigenvalue weighted by atomic mass is 9.94. The molecule has 23 heavy (non-hydrogen) atoms. The van der Waals surface area contributed by atoms with Gasteiger partial charge in [-0.25, -0.2) is 4.98 Å². The number of H-pyrrole nitrogens is 1. The second kappa shape index (κ2) is 6.78. The number of imidazole rings is 1. The molecule has 0 aliphatic rings. The fraction of sp³-hybridized carbons (Fsp3) is 0.188. The number of ether oxygens (including phenoxy) is 1. The van der Waals surface area contributed by atoms with Gasteiger partial charge in [-0.2, -0.15) is 0 Å². The van der Waals surface area contributed by atoms with Crippen LogP contribution in [0, 0.1) is 0 Å². The number of hydrogen-bond acceptors (Lipinski definition) is 5. The van der Waals surface area contributed by atoms with Crippen LogP contribution in [0.3, 0.4) is 0 Å². The molecular weight excluding hydrogens is 352 g/mol. The van der Waals surface area contributed by atoms with Crippen LogP contribution in [-0.4, -0.2) is 27.9 Å². The van der Waals surface area contributed by atoms with Gasteiger partial charge in [0.1, 0.15) is 5.82 Å². The van der Waals surface area contributed by atoms with Crippen molar-refractivity contribution in [3.8, 4) is 0 Å². The number of hydrogen-bond donors (Lipinski definition) is 1. The number of methoxy groups -OCH3 is 1. The molecule has 0 aliphatic heterocycles. The Balaban J connectivity index is 1.97. The Morgan fingerprint density at radius 2 is 2.13 bits per heavy atom. The molecule has 0 spiro atoms. The summed E-state index contributed by atoms with van der Waals surface area (Å²) in [5.41, 5.74) is 2.33. The molecule has 118 valence electrons. The first-order valence-corrected chi connectivity index (χ1v) is 8.60. The average Bonchev–Trinajstić information content (AvgIpc) is 3.14. The molecule has 0 fully saturated rings. The van der Waals surface area contributed by atoms with Gasteiger partial charge >= 0.3 is 0 Å². The minimum absolute atomic E-state index is 0.0684. The van der Waals surface area contributed by atoms with Gasteiger partial charge in [0.2, 0.25) is 0 Å². The van der Waals surface area contributed by atoms with E-state index in [1.807, 2.05) is 10.8 Å². The smallest absolute Gasteiger partial charge is 0.173 e. The molecule has 2 aromatic heterocycles. The van der Waals surface area contributed by atoms with Crippen molar-refractivity contribution in [1.82, 2.24) is 9.97 Å². The number of rotatable bonds is 5. The zero-order chi connectivity index (χ0) is 16.4. The van der Waals surface area contributed by atoms with E-state index in [1.165, 1.54) is 7.11 Å². The molecule has 0 saturated carbocycles. The third-order valence-electron chi connectivity index (χ3n) is 3.52. The highest BCUT2D eigenvalue weighted by molar-refractivity contribution is 7.80. The van der Waals surface area contributed by atoms with Gasteiger partial charge in [0.05, 0.1) is 24.1 Å². The van der Waals surface area contributed by atoms with E-state index >= 15 is 0 Å². The van der Waals surface area contributed by atoms with Gasteiger partial charge < -0.3 is 9.72 Å². The lowest BCUT2D eigenvalue weighted by Gasteiger charge is -2.14. The number of carbonyl (C=O) groups excluding carboxylic acids is 1. The number of fused-ring (bicyclic) bond motifs is 1. The van der Waals surface area contributed by atoms with Crippen molar-refractivity contribution in [2.75, 3.05) is 7.11 Å². The molecule has 0 bridgehead atoms. The molecule has 1 atom stereocenters. The van der Waals surface area contributed by atoms with Crippen LogP contribution in [0.4, 0.5) is 0 Å². The Morgan fingerprint density at radius 1 is 1.39 bits per heavy atom. The largest absolute Gasteiger partial charge is 0.490 e. The van der Waals surface area contributed by atoms with Crippen LogP contribution in [-0.2, 0) is 4.74 Å². The molecule has 2 heterocycles. The van der Waals surface area contributed by atoms with Crippen LogP contribution < -0.4 is 0 Å². The standard InChI is InChI=1S/C16H13ClN2O2S2/c1-21-14(22)6-11(15(20)9-2-4-10(17)5-3-9)16-18-12-7-23-8-13(12)19-16/h2-5,7-8,11H,6H2,1H3,(H,18,19). The maximum atomic E-state index is 12.9. The summed E-state index contributed by atoms with van der Waals surface area (Å²) in [5.74, 6) is 0.0179. The number of thiophene rings is 1. The maximum absolute atomic E-state index is 12.9. The molecular formula is C16H13ClN2O2S2. The van der Waals surface area contributed by atoms with Crippen LogP contribution in [0.1, 0.15) is 28.5 Å². The van der Waals surface area contributed by atoms with Crippen molar-refractivity contribution in [3.05, 3.63) is 51.4 Å². The van der Waals surface area contributed by atoms with Crippen LogP contribution in [0.5, 0.6) is 0 Å². The van der Waals surface area contributed by atoms with E-state index in [1.54, 1.807) is 35.6 Å². The summed E-state index contributed by atoms with van der Waals surface area (Å²) in [5, 5.41) is 4.86. The molecule has 0 saturated heterocycles. The van der Waals surface area contributed by atoms with Gasteiger partial charge in [-0.3, -0.25) is 4.79 Å². The first kappa shape index (κ1) is 16.1. The van der Waals surface area contributed by atoms with Gasteiger partial charge in [0.25, 0.3) is 0 Å². The number of Topliss-reactive ketones (excluding diaryl/α,β-unsaturated/α-hetero) is 1. The van der Waals surface area contributed by atoms with Crippen molar-refractivity contribution >= 4 is 57.0 Å². The van der Waals surface area contributed by atoms with Crippen LogP contribution in [0.2, 0.25) is 5.02 Å². The predicted octanol–water partition coefficient (Wildman–Crippen LogP) is 4.61. The van der Waals surface area contributed by atoms with Crippen molar-refractivity contribution in [3.63, 3.8) is 0 Å². The normalized spacial score (nSPS) is 12.3.